The van der Waals surface area contributed by atoms with Crippen LogP contribution in [0, 0.1) is 0 Å². The second-order valence-electron chi connectivity index (χ2n) is 9.08. The molecule has 1 amide bonds. The highest BCUT2D eigenvalue weighted by Crippen LogP contribution is 2.44. The lowest BCUT2D eigenvalue weighted by Crippen LogP contribution is -2.38. The van der Waals surface area contributed by atoms with Crippen molar-refractivity contribution in [2.24, 2.45) is 0 Å². The molecule has 2 aliphatic heterocycles. The number of Topliss-reactive ketones (excluding diaryl/α,β-unsaturated/α-hetero) is 1. The van der Waals surface area contributed by atoms with Crippen LogP contribution in [0.2, 0.25) is 0 Å². The van der Waals surface area contributed by atoms with Crippen LogP contribution in [-0.4, -0.2) is 73.1 Å². The van der Waals surface area contributed by atoms with E-state index < -0.39 is 17.7 Å². The normalized spacial score (nSPS) is 20.6. The summed E-state index contributed by atoms with van der Waals surface area (Å²) in [4.78, 5) is 30.5. The maximum absolute atomic E-state index is 13.4. The lowest BCUT2D eigenvalue weighted by atomic mass is 9.93. The molecule has 0 bridgehead atoms. The largest absolute Gasteiger partial charge is 0.507 e. The van der Waals surface area contributed by atoms with Crippen molar-refractivity contribution in [3.63, 3.8) is 0 Å². The number of hydrogen-bond acceptors (Lipinski definition) is 7. The molecule has 192 valence electrons. The van der Waals surface area contributed by atoms with Gasteiger partial charge in [0.2, 0.25) is 0 Å². The molecule has 8 nitrogen and oxygen atoms in total. The molecule has 2 atom stereocenters. The van der Waals surface area contributed by atoms with Crippen molar-refractivity contribution in [2.45, 2.75) is 39.3 Å². The SMILES string of the molecule is CCN(CC)CCN1C(=O)C(=O)C(=C(O)c2ccc3c(c2)CC(C)O3)C1c1cc(OC)ccc1OC. The second kappa shape index (κ2) is 10.6. The fraction of sp³-hybridized carbons (Fsp3) is 0.429. The maximum Gasteiger partial charge on any atom is 0.295 e. The summed E-state index contributed by atoms with van der Waals surface area (Å²) in [5.74, 6) is 0.255. The van der Waals surface area contributed by atoms with E-state index in [4.69, 9.17) is 14.2 Å². The zero-order chi connectivity index (χ0) is 26.0. The van der Waals surface area contributed by atoms with Crippen LogP contribution in [0.1, 0.15) is 43.5 Å². The van der Waals surface area contributed by atoms with E-state index in [1.54, 1.807) is 37.4 Å². The highest BCUT2D eigenvalue weighted by molar-refractivity contribution is 6.46. The van der Waals surface area contributed by atoms with Crippen LogP contribution in [-0.2, 0) is 16.0 Å². The Balaban J connectivity index is 1.86. The average molecular weight is 495 g/mol. The maximum atomic E-state index is 13.4. The molecule has 0 saturated carbocycles. The van der Waals surface area contributed by atoms with E-state index in [1.807, 2.05) is 13.0 Å². The van der Waals surface area contributed by atoms with Gasteiger partial charge in [-0.15, -0.1) is 0 Å². The lowest BCUT2D eigenvalue weighted by Gasteiger charge is -2.29. The number of methoxy groups -OCH3 is 2. The molecule has 2 heterocycles. The first-order valence-electron chi connectivity index (χ1n) is 12.3. The van der Waals surface area contributed by atoms with E-state index in [-0.39, 0.29) is 17.4 Å². The van der Waals surface area contributed by atoms with Crippen LogP contribution in [0.4, 0.5) is 0 Å². The van der Waals surface area contributed by atoms with Crippen LogP contribution in [0.25, 0.3) is 5.76 Å². The number of hydrogen-bond donors (Lipinski definition) is 1. The van der Waals surface area contributed by atoms with E-state index in [2.05, 4.69) is 18.7 Å². The molecule has 0 aliphatic carbocycles. The van der Waals surface area contributed by atoms with E-state index in [9.17, 15) is 14.7 Å². The Morgan fingerprint density at radius 1 is 1.11 bits per heavy atom. The Labute approximate surface area is 212 Å². The molecule has 0 spiro atoms. The number of ether oxygens (including phenoxy) is 3. The van der Waals surface area contributed by atoms with Gasteiger partial charge in [-0.2, -0.15) is 0 Å². The molecule has 0 aromatic heterocycles. The third-order valence-electron chi connectivity index (χ3n) is 6.99. The summed E-state index contributed by atoms with van der Waals surface area (Å²) in [6.45, 7) is 8.65. The van der Waals surface area contributed by atoms with Gasteiger partial charge in [0.1, 0.15) is 29.1 Å². The monoisotopic (exact) mass is 494 g/mol. The molecular formula is C28H34N2O6. The number of carbonyl (C=O) groups is 2. The summed E-state index contributed by atoms with van der Waals surface area (Å²) in [6.07, 6.45) is 0.756. The molecular weight excluding hydrogens is 460 g/mol. The van der Waals surface area contributed by atoms with Gasteiger partial charge in [0.25, 0.3) is 11.7 Å². The first kappa shape index (κ1) is 25.6. The van der Waals surface area contributed by atoms with Gasteiger partial charge >= 0.3 is 0 Å². The van der Waals surface area contributed by atoms with Gasteiger partial charge in [-0.25, -0.2) is 0 Å². The minimum absolute atomic E-state index is 0.0398. The van der Waals surface area contributed by atoms with Crippen molar-refractivity contribution in [2.75, 3.05) is 40.4 Å². The van der Waals surface area contributed by atoms with Crippen molar-refractivity contribution in [3.05, 3.63) is 58.7 Å². The average Bonchev–Trinajstić information content (AvgIpc) is 3.39. The molecule has 2 aromatic rings. The van der Waals surface area contributed by atoms with Gasteiger partial charge in [-0.1, -0.05) is 13.8 Å². The highest BCUT2D eigenvalue weighted by Gasteiger charge is 2.47. The van der Waals surface area contributed by atoms with Gasteiger partial charge in [0.05, 0.1) is 25.8 Å². The topological polar surface area (TPSA) is 88.5 Å². The predicted molar refractivity (Wildman–Crippen MR) is 137 cm³/mol. The van der Waals surface area contributed by atoms with Crippen LogP contribution in [0.3, 0.4) is 0 Å². The lowest BCUT2D eigenvalue weighted by molar-refractivity contribution is -0.140. The Bertz CT molecular complexity index is 1190. The van der Waals surface area contributed by atoms with Crippen LogP contribution >= 0.6 is 0 Å². The van der Waals surface area contributed by atoms with E-state index >= 15 is 0 Å². The van der Waals surface area contributed by atoms with Gasteiger partial charge in [-0.3, -0.25) is 9.59 Å². The van der Waals surface area contributed by atoms with Crippen LogP contribution in [0.5, 0.6) is 17.2 Å². The Kier molecular flexibility index (Phi) is 7.54. The molecule has 4 rings (SSSR count). The van der Waals surface area contributed by atoms with Gasteiger partial charge in [0.15, 0.2) is 0 Å². The standard InChI is InChI=1S/C28H34N2O6/c1-6-29(7-2)12-13-30-25(21-16-20(34-4)9-11-23(21)35-5)24(27(32)28(30)33)26(31)18-8-10-22-19(15-18)14-17(3)36-22/h8-11,15-17,25,31H,6-7,12-14H2,1-5H3. The molecule has 1 saturated heterocycles. The summed E-state index contributed by atoms with van der Waals surface area (Å²) in [5, 5.41) is 11.5. The molecule has 2 unspecified atom stereocenters. The third-order valence-corrected chi connectivity index (χ3v) is 6.99. The predicted octanol–water partition coefficient (Wildman–Crippen LogP) is 3.79. The zero-order valence-corrected chi connectivity index (χ0v) is 21.5. The van der Waals surface area contributed by atoms with Crippen molar-refractivity contribution < 1.29 is 28.9 Å². The summed E-state index contributed by atoms with van der Waals surface area (Å²) in [5.41, 5.74) is 2.05. The smallest absolute Gasteiger partial charge is 0.295 e. The molecule has 1 fully saturated rings. The molecule has 2 aliphatic rings. The first-order chi connectivity index (χ1) is 17.3. The number of aliphatic hydroxyl groups excluding tert-OH is 1. The number of likely N-dealkylation sites (N-methyl/N-ethyl adjacent to an activating group) is 1. The Morgan fingerprint density at radius 2 is 1.86 bits per heavy atom. The first-order valence-corrected chi connectivity index (χ1v) is 12.3. The minimum Gasteiger partial charge on any atom is -0.507 e. The number of rotatable bonds is 9. The fourth-order valence-corrected chi connectivity index (χ4v) is 5.00. The highest BCUT2D eigenvalue weighted by atomic mass is 16.5. The minimum atomic E-state index is -0.825. The van der Waals surface area contributed by atoms with Gasteiger partial charge in [0, 0.05) is 30.6 Å². The van der Waals surface area contributed by atoms with E-state index in [0.717, 1.165) is 24.4 Å². The third kappa shape index (κ3) is 4.65. The van der Waals surface area contributed by atoms with Crippen molar-refractivity contribution in [3.8, 4) is 17.2 Å². The number of amides is 1. The molecule has 36 heavy (non-hydrogen) atoms. The van der Waals surface area contributed by atoms with Crippen LogP contribution in [0.15, 0.2) is 42.0 Å². The van der Waals surface area contributed by atoms with Crippen molar-refractivity contribution in [1.82, 2.24) is 9.80 Å². The van der Waals surface area contributed by atoms with Crippen molar-refractivity contribution in [1.29, 1.82) is 0 Å². The number of fused-ring (bicyclic) bond motifs is 1. The number of aliphatic hydroxyl groups is 1. The number of benzene rings is 2. The summed E-state index contributed by atoms with van der Waals surface area (Å²) >= 11 is 0. The zero-order valence-electron chi connectivity index (χ0n) is 21.5. The van der Waals surface area contributed by atoms with Crippen molar-refractivity contribution >= 4 is 17.4 Å². The van der Waals surface area contributed by atoms with Gasteiger partial charge < -0.3 is 29.1 Å². The quantitative estimate of drug-likeness (QED) is 0.322. The summed E-state index contributed by atoms with van der Waals surface area (Å²) in [6, 6.07) is 9.77. The van der Waals surface area contributed by atoms with E-state index in [1.165, 1.54) is 12.0 Å². The molecule has 0 radical (unpaired) electrons. The van der Waals surface area contributed by atoms with E-state index in [0.29, 0.717) is 42.1 Å². The molecule has 8 heteroatoms. The van der Waals surface area contributed by atoms with Crippen LogP contribution < -0.4 is 14.2 Å². The Morgan fingerprint density at radius 3 is 2.53 bits per heavy atom. The summed E-state index contributed by atoms with van der Waals surface area (Å²) in [7, 11) is 3.09. The number of carbonyl (C=O) groups excluding carboxylic acids is 2. The van der Waals surface area contributed by atoms with Gasteiger partial charge in [-0.05, 0) is 62.0 Å². The summed E-state index contributed by atoms with van der Waals surface area (Å²) < 4.78 is 16.8. The number of likely N-dealkylation sites (tertiary alicyclic amines) is 1. The molecule has 1 N–H and O–H groups in total. The molecule has 2 aromatic carbocycles. The Hall–Kier alpha value is -3.52. The number of nitrogens with zero attached hydrogens (tertiary/aromatic N) is 2. The fourth-order valence-electron chi connectivity index (χ4n) is 5.00. The number of ketones is 1. The second-order valence-corrected chi connectivity index (χ2v) is 9.08.